The normalized spacial score (nSPS) is 17.6. The highest BCUT2D eigenvalue weighted by molar-refractivity contribution is 6.00. The van der Waals surface area contributed by atoms with E-state index in [1.165, 1.54) is 0 Å². The van der Waals surface area contributed by atoms with Crippen LogP contribution in [0.15, 0.2) is 53.3 Å². The van der Waals surface area contributed by atoms with E-state index in [0.717, 1.165) is 25.7 Å². The van der Waals surface area contributed by atoms with Gasteiger partial charge in [-0.2, -0.15) is 10.1 Å². The van der Waals surface area contributed by atoms with Gasteiger partial charge in [0.1, 0.15) is 5.69 Å². The monoisotopic (exact) mass is 471 g/mol. The molecule has 1 atom stereocenters. The number of ether oxygens (including phenoxy) is 1. The molecule has 1 unspecified atom stereocenters. The topological polar surface area (TPSA) is 112 Å². The summed E-state index contributed by atoms with van der Waals surface area (Å²) in [5.41, 5.74) is 2.39. The molecule has 2 aliphatic heterocycles. The molecule has 0 radical (unpaired) electrons. The van der Waals surface area contributed by atoms with Crippen molar-refractivity contribution in [1.29, 1.82) is 0 Å². The maximum absolute atomic E-state index is 13.9. The fourth-order valence-corrected chi connectivity index (χ4v) is 4.76. The fraction of sp³-hybridized carbons (Fsp3) is 0.360. The summed E-state index contributed by atoms with van der Waals surface area (Å²) in [6.45, 7) is 1.96. The molecule has 2 aliphatic rings. The van der Waals surface area contributed by atoms with Crippen molar-refractivity contribution >= 4 is 5.91 Å². The minimum absolute atomic E-state index is 0.0569. The number of carbonyl (C=O) groups is 1. The average Bonchev–Trinajstić information content (AvgIpc) is 3.61. The maximum atomic E-state index is 13.9. The lowest BCUT2D eigenvalue weighted by molar-refractivity contribution is 0.0725. The number of aromatic nitrogens is 6. The Hall–Kier alpha value is -4.08. The second kappa shape index (κ2) is 9.28. The van der Waals surface area contributed by atoms with Crippen LogP contribution < -0.4 is 4.74 Å². The number of carbonyl (C=O) groups excluding carboxylic acids is 1. The first-order valence-electron chi connectivity index (χ1n) is 12.0. The molecule has 6 rings (SSSR count). The Bertz CT molecular complexity index is 1320. The van der Waals surface area contributed by atoms with Gasteiger partial charge in [0.05, 0.1) is 17.9 Å². The van der Waals surface area contributed by atoms with E-state index >= 15 is 0 Å². The summed E-state index contributed by atoms with van der Waals surface area (Å²) in [7, 11) is 0. The van der Waals surface area contributed by atoms with Gasteiger partial charge < -0.3 is 14.2 Å². The van der Waals surface area contributed by atoms with Crippen LogP contribution in [0.3, 0.4) is 0 Å². The SMILES string of the molecule is O=C(c1nn2c(c1-c1ccccn1)OCCCC2)N1CCCC1Cc1nc(-c2ccccn2)no1. The molecular formula is C25H25N7O3. The van der Waals surface area contributed by atoms with Crippen molar-refractivity contribution in [3.8, 4) is 28.7 Å². The van der Waals surface area contributed by atoms with Crippen molar-refractivity contribution < 1.29 is 14.1 Å². The van der Waals surface area contributed by atoms with E-state index in [9.17, 15) is 4.79 Å². The van der Waals surface area contributed by atoms with Crippen LogP contribution in [0.4, 0.5) is 0 Å². The molecule has 0 spiro atoms. The number of aryl methyl sites for hydroxylation is 1. The van der Waals surface area contributed by atoms with Crippen LogP contribution in [0.2, 0.25) is 0 Å². The number of hydrogen-bond donors (Lipinski definition) is 0. The smallest absolute Gasteiger partial charge is 0.275 e. The van der Waals surface area contributed by atoms with Crippen molar-refractivity contribution in [3.63, 3.8) is 0 Å². The second-order valence-corrected chi connectivity index (χ2v) is 8.75. The van der Waals surface area contributed by atoms with Crippen LogP contribution in [-0.4, -0.2) is 59.9 Å². The molecule has 1 saturated heterocycles. The molecule has 6 heterocycles. The van der Waals surface area contributed by atoms with Crippen LogP contribution >= 0.6 is 0 Å². The third-order valence-electron chi connectivity index (χ3n) is 6.44. The van der Waals surface area contributed by atoms with E-state index in [0.29, 0.717) is 66.4 Å². The Morgan fingerprint density at radius 2 is 1.83 bits per heavy atom. The zero-order valence-electron chi connectivity index (χ0n) is 19.2. The lowest BCUT2D eigenvalue weighted by Crippen LogP contribution is -2.37. The van der Waals surface area contributed by atoms with Crippen molar-refractivity contribution in [3.05, 3.63) is 60.4 Å². The Morgan fingerprint density at radius 3 is 2.63 bits per heavy atom. The molecule has 4 aromatic heterocycles. The van der Waals surface area contributed by atoms with E-state index in [2.05, 4.69) is 20.1 Å². The molecule has 0 saturated carbocycles. The number of nitrogens with zero attached hydrogens (tertiary/aromatic N) is 7. The van der Waals surface area contributed by atoms with Gasteiger partial charge in [-0.3, -0.25) is 14.8 Å². The van der Waals surface area contributed by atoms with E-state index < -0.39 is 0 Å². The van der Waals surface area contributed by atoms with Gasteiger partial charge in [-0.15, -0.1) is 0 Å². The third kappa shape index (κ3) is 4.16. The van der Waals surface area contributed by atoms with Gasteiger partial charge in [0, 0.05) is 37.9 Å². The minimum atomic E-state index is -0.123. The van der Waals surface area contributed by atoms with Crippen LogP contribution in [0.5, 0.6) is 5.88 Å². The van der Waals surface area contributed by atoms with Crippen molar-refractivity contribution in [2.24, 2.45) is 0 Å². The molecule has 4 aromatic rings. The number of rotatable bonds is 5. The van der Waals surface area contributed by atoms with Crippen LogP contribution in [-0.2, 0) is 13.0 Å². The fourth-order valence-electron chi connectivity index (χ4n) is 4.76. The van der Waals surface area contributed by atoms with Crippen molar-refractivity contribution in [2.45, 2.75) is 44.7 Å². The van der Waals surface area contributed by atoms with E-state index in [1.807, 2.05) is 46.0 Å². The summed E-state index contributed by atoms with van der Waals surface area (Å²) < 4.78 is 13.4. The van der Waals surface area contributed by atoms with Gasteiger partial charge in [-0.05, 0) is 49.9 Å². The predicted octanol–water partition coefficient (Wildman–Crippen LogP) is 3.41. The van der Waals surface area contributed by atoms with Crippen LogP contribution in [0, 0.1) is 0 Å². The first-order valence-corrected chi connectivity index (χ1v) is 12.0. The first kappa shape index (κ1) is 21.5. The largest absolute Gasteiger partial charge is 0.477 e. The van der Waals surface area contributed by atoms with Crippen molar-refractivity contribution in [1.82, 2.24) is 34.8 Å². The standard InChI is InChI=1S/C25H25N7O3/c33-24(22-21(18-9-1-3-11-26-18)25-32(29-22)14-5-6-15-34-25)31-13-7-8-17(31)16-20-28-23(30-35-20)19-10-2-4-12-27-19/h1-4,9-12,17H,5-8,13-16H2. The molecule has 10 nitrogen and oxygen atoms in total. The van der Waals surface area contributed by atoms with E-state index in [-0.39, 0.29) is 11.9 Å². The molecule has 1 fully saturated rings. The summed E-state index contributed by atoms with van der Waals surface area (Å²) in [6.07, 6.45) is 7.56. The second-order valence-electron chi connectivity index (χ2n) is 8.75. The summed E-state index contributed by atoms with van der Waals surface area (Å²) >= 11 is 0. The Kier molecular flexibility index (Phi) is 5.69. The molecule has 0 bridgehead atoms. The first-order chi connectivity index (χ1) is 17.3. The number of amides is 1. The summed E-state index contributed by atoms with van der Waals surface area (Å²) in [5.74, 6) is 1.44. The Morgan fingerprint density at radius 1 is 1.00 bits per heavy atom. The highest BCUT2D eigenvalue weighted by Crippen LogP contribution is 2.36. The zero-order chi connectivity index (χ0) is 23.6. The van der Waals surface area contributed by atoms with Crippen molar-refractivity contribution in [2.75, 3.05) is 13.2 Å². The summed E-state index contributed by atoms with van der Waals surface area (Å²) in [6, 6.07) is 11.2. The lowest BCUT2D eigenvalue weighted by atomic mass is 10.1. The third-order valence-corrected chi connectivity index (χ3v) is 6.44. The van der Waals surface area contributed by atoms with E-state index in [4.69, 9.17) is 14.4 Å². The van der Waals surface area contributed by atoms with Gasteiger partial charge in [0.25, 0.3) is 5.91 Å². The highest BCUT2D eigenvalue weighted by atomic mass is 16.5. The molecule has 0 N–H and O–H groups in total. The molecule has 10 heteroatoms. The predicted molar refractivity (Wildman–Crippen MR) is 125 cm³/mol. The molecule has 35 heavy (non-hydrogen) atoms. The number of fused-ring (bicyclic) bond motifs is 1. The average molecular weight is 472 g/mol. The van der Waals surface area contributed by atoms with Gasteiger partial charge >= 0.3 is 0 Å². The molecule has 0 aliphatic carbocycles. The van der Waals surface area contributed by atoms with Gasteiger partial charge in [0.2, 0.25) is 17.6 Å². The molecule has 1 amide bonds. The van der Waals surface area contributed by atoms with Crippen LogP contribution in [0.25, 0.3) is 22.8 Å². The van der Waals surface area contributed by atoms with Crippen LogP contribution in [0.1, 0.15) is 42.1 Å². The lowest BCUT2D eigenvalue weighted by Gasteiger charge is -2.23. The highest BCUT2D eigenvalue weighted by Gasteiger charge is 2.36. The Balaban J connectivity index is 1.29. The quantitative estimate of drug-likeness (QED) is 0.435. The molecular weight excluding hydrogens is 446 g/mol. The summed E-state index contributed by atoms with van der Waals surface area (Å²) in [5, 5.41) is 8.79. The van der Waals surface area contributed by atoms with Gasteiger partial charge in [0.15, 0.2) is 5.69 Å². The number of hydrogen-bond acceptors (Lipinski definition) is 8. The molecule has 178 valence electrons. The number of likely N-dealkylation sites (tertiary alicyclic amines) is 1. The van der Waals surface area contributed by atoms with Gasteiger partial charge in [-0.25, -0.2) is 4.68 Å². The van der Waals surface area contributed by atoms with E-state index in [1.54, 1.807) is 12.4 Å². The molecule has 0 aromatic carbocycles. The minimum Gasteiger partial charge on any atom is -0.477 e. The van der Waals surface area contributed by atoms with Gasteiger partial charge in [-0.1, -0.05) is 17.3 Å². The maximum Gasteiger partial charge on any atom is 0.275 e. The summed E-state index contributed by atoms with van der Waals surface area (Å²) in [4.78, 5) is 29.0. The zero-order valence-corrected chi connectivity index (χ0v) is 19.2. The number of pyridine rings is 2. The Labute approximate surface area is 202 Å².